The number of imidazole rings is 1. The molecule has 0 spiro atoms. The summed E-state index contributed by atoms with van der Waals surface area (Å²) in [4.78, 5) is 42.2. The maximum absolute atomic E-state index is 12.6. The standard InChI is InChI=1S/C37H33N7O4/c45-26-41-32(35(47)48)25-40-34(46)27-17-18-33-28(23-27)24-42-44(33)21-10-19-38-36-39-20-22-43(36)37(29-11-4-1-5-12-29,30-13-6-2-7-14-30)31-15-8-3-9-16-31/h1-9,11-18,20,22-24,32H,10,19,21,25H2,(H,38,39)(H,40,46)(H,47,48). The van der Waals surface area contributed by atoms with E-state index in [9.17, 15) is 14.4 Å². The number of carbonyl (C=O) groups is 2. The topological polar surface area (TPSA) is 143 Å². The zero-order valence-electron chi connectivity index (χ0n) is 25.9. The predicted octanol–water partition coefficient (Wildman–Crippen LogP) is 5.09. The predicted molar refractivity (Wildman–Crippen MR) is 182 cm³/mol. The highest BCUT2D eigenvalue weighted by Crippen LogP contribution is 2.42. The first-order chi connectivity index (χ1) is 23.5. The van der Waals surface area contributed by atoms with E-state index in [1.807, 2.05) is 41.3 Å². The summed E-state index contributed by atoms with van der Waals surface area (Å²) in [5, 5.41) is 20.5. The Hall–Kier alpha value is -6.32. The van der Waals surface area contributed by atoms with Gasteiger partial charge in [0, 0.05) is 36.4 Å². The van der Waals surface area contributed by atoms with Gasteiger partial charge in [0.15, 0.2) is 6.04 Å². The van der Waals surface area contributed by atoms with E-state index in [1.54, 1.807) is 18.3 Å². The molecule has 11 nitrogen and oxygen atoms in total. The molecule has 1 atom stereocenters. The van der Waals surface area contributed by atoms with Crippen molar-refractivity contribution in [1.29, 1.82) is 0 Å². The second-order valence-electron chi connectivity index (χ2n) is 11.1. The van der Waals surface area contributed by atoms with Crippen LogP contribution in [0, 0.1) is 0 Å². The average Bonchev–Trinajstić information content (AvgIpc) is 3.77. The summed E-state index contributed by atoms with van der Waals surface area (Å²) in [5.74, 6) is -1.07. The Morgan fingerprint density at radius 1 is 0.896 bits per heavy atom. The third-order valence-corrected chi connectivity index (χ3v) is 8.26. The number of nitrogens with one attached hydrogen (secondary N) is 2. The number of isocyanates is 1. The van der Waals surface area contributed by atoms with Gasteiger partial charge in [0.25, 0.3) is 5.91 Å². The number of carboxylic acid groups (broad SMARTS) is 1. The monoisotopic (exact) mass is 639 g/mol. The Bertz CT molecular complexity index is 1950. The van der Waals surface area contributed by atoms with Crippen LogP contribution in [0.3, 0.4) is 0 Å². The van der Waals surface area contributed by atoms with Crippen LogP contribution in [-0.4, -0.2) is 61.5 Å². The van der Waals surface area contributed by atoms with Crippen LogP contribution in [0.2, 0.25) is 0 Å². The molecule has 4 aromatic carbocycles. The van der Waals surface area contributed by atoms with Crippen LogP contribution in [-0.2, 0) is 21.7 Å². The van der Waals surface area contributed by atoms with Crippen molar-refractivity contribution >= 4 is 34.8 Å². The summed E-state index contributed by atoms with van der Waals surface area (Å²) < 4.78 is 4.08. The van der Waals surface area contributed by atoms with Gasteiger partial charge in [-0.05, 0) is 41.3 Å². The number of amides is 1. The summed E-state index contributed by atoms with van der Waals surface area (Å²) >= 11 is 0. The van der Waals surface area contributed by atoms with E-state index in [0.29, 0.717) is 18.7 Å². The van der Waals surface area contributed by atoms with Gasteiger partial charge in [0.05, 0.1) is 18.3 Å². The van der Waals surface area contributed by atoms with Gasteiger partial charge in [-0.15, -0.1) is 0 Å². The van der Waals surface area contributed by atoms with Gasteiger partial charge in [-0.25, -0.2) is 14.6 Å². The number of aromatic nitrogens is 4. The number of carboxylic acids is 1. The Balaban J connectivity index is 1.19. The highest BCUT2D eigenvalue weighted by atomic mass is 16.4. The molecule has 48 heavy (non-hydrogen) atoms. The molecule has 0 fully saturated rings. The van der Waals surface area contributed by atoms with Crippen molar-refractivity contribution in [2.24, 2.45) is 4.99 Å². The Kier molecular flexibility index (Phi) is 9.50. The lowest BCUT2D eigenvalue weighted by Crippen LogP contribution is -2.38. The number of aryl methyl sites for hydroxylation is 1. The maximum Gasteiger partial charge on any atom is 0.331 e. The maximum atomic E-state index is 12.6. The molecular formula is C37H33N7O4. The fraction of sp³-hybridized carbons (Fsp3) is 0.162. The number of aliphatic imine (C=N–C) groups is 1. The lowest BCUT2D eigenvalue weighted by atomic mass is 9.76. The minimum absolute atomic E-state index is 0.324. The molecule has 2 heterocycles. The van der Waals surface area contributed by atoms with Crippen molar-refractivity contribution in [3.05, 3.63) is 150 Å². The number of hydrogen-bond donors (Lipinski definition) is 3. The summed E-state index contributed by atoms with van der Waals surface area (Å²) in [6.45, 7) is 0.921. The molecule has 0 bridgehead atoms. The van der Waals surface area contributed by atoms with Crippen molar-refractivity contribution in [2.75, 3.05) is 18.4 Å². The molecule has 0 radical (unpaired) electrons. The van der Waals surface area contributed by atoms with Crippen molar-refractivity contribution in [3.8, 4) is 0 Å². The number of benzene rings is 4. The molecule has 6 aromatic rings. The van der Waals surface area contributed by atoms with E-state index >= 15 is 0 Å². The number of nitrogens with zero attached hydrogens (tertiary/aromatic N) is 5. The summed E-state index contributed by atoms with van der Waals surface area (Å²) in [6, 6.07) is 35.1. The van der Waals surface area contributed by atoms with Crippen LogP contribution in [0.25, 0.3) is 10.9 Å². The third-order valence-electron chi connectivity index (χ3n) is 8.26. The lowest BCUT2D eigenvalue weighted by molar-refractivity contribution is -0.138. The smallest absolute Gasteiger partial charge is 0.331 e. The number of rotatable bonds is 14. The number of anilines is 1. The number of aliphatic carboxylic acids is 1. The number of fused-ring (bicyclic) bond motifs is 1. The molecule has 1 unspecified atom stereocenters. The third kappa shape index (κ3) is 6.35. The van der Waals surface area contributed by atoms with Gasteiger partial charge in [-0.2, -0.15) is 10.1 Å². The molecule has 240 valence electrons. The van der Waals surface area contributed by atoms with Crippen LogP contribution in [0.1, 0.15) is 33.5 Å². The SMILES string of the molecule is O=C=NC(CNC(=O)c1ccc2c(cnn2CCCNc2nccn2C(c2ccccc2)(c2ccccc2)c2ccccc2)c1)C(=O)O. The van der Waals surface area contributed by atoms with E-state index in [2.05, 4.69) is 98.1 Å². The zero-order chi connectivity index (χ0) is 33.3. The second kappa shape index (κ2) is 14.4. The van der Waals surface area contributed by atoms with E-state index in [-0.39, 0.29) is 6.54 Å². The molecule has 6 rings (SSSR count). The molecule has 0 saturated heterocycles. The van der Waals surface area contributed by atoms with Crippen molar-refractivity contribution in [1.82, 2.24) is 24.6 Å². The van der Waals surface area contributed by atoms with E-state index in [0.717, 1.165) is 40.0 Å². The Morgan fingerprint density at radius 2 is 1.52 bits per heavy atom. The summed E-state index contributed by atoms with van der Waals surface area (Å²) in [7, 11) is 0. The fourth-order valence-electron chi connectivity index (χ4n) is 6.04. The number of carbonyl (C=O) groups excluding carboxylic acids is 2. The summed E-state index contributed by atoms with van der Waals surface area (Å²) in [6.07, 6.45) is 7.49. The first kappa shape index (κ1) is 31.7. The van der Waals surface area contributed by atoms with Gasteiger partial charge in [0.1, 0.15) is 5.54 Å². The molecule has 3 N–H and O–H groups in total. The second-order valence-corrected chi connectivity index (χ2v) is 11.1. The first-order valence-corrected chi connectivity index (χ1v) is 15.5. The zero-order valence-corrected chi connectivity index (χ0v) is 25.9. The van der Waals surface area contributed by atoms with E-state index in [1.165, 1.54) is 6.08 Å². The first-order valence-electron chi connectivity index (χ1n) is 15.5. The minimum Gasteiger partial charge on any atom is -0.480 e. The molecule has 0 aliphatic heterocycles. The van der Waals surface area contributed by atoms with Crippen molar-refractivity contribution in [3.63, 3.8) is 0 Å². The highest BCUT2D eigenvalue weighted by molar-refractivity contribution is 5.98. The van der Waals surface area contributed by atoms with Crippen molar-refractivity contribution in [2.45, 2.75) is 24.5 Å². The lowest BCUT2D eigenvalue weighted by Gasteiger charge is -2.38. The minimum atomic E-state index is -1.39. The quantitative estimate of drug-likeness (QED) is 0.0652. The van der Waals surface area contributed by atoms with E-state index < -0.39 is 23.5 Å². The summed E-state index contributed by atoms with van der Waals surface area (Å²) in [5.41, 5.74) is 3.84. The van der Waals surface area contributed by atoms with Crippen LogP contribution in [0.15, 0.2) is 133 Å². The Morgan fingerprint density at radius 3 is 2.10 bits per heavy atom. The average molecular weight is 640 g/mol. The molecule has 0 aliphatic rings. The van der Waals surface area contributed by atoms with Crippen LogP contribution in [0.5, 0.6) is 0 Å². The Labute approximate surface area is 276 Å². The van der Waals surface area contributed by atoms with Gasteiger partial charge in [-0.3, -0.25) is 14.0 Å². The normalized spacial score (nSPS) is 11.8. The highest BCUT2D eigenvalue weighted by Gasteiger charge is 2.39. The van der Waals surface area contributed by atoms with Gasteiger partial charge in [0.2, 0.25) is 12.0 Å². The van der Waals surface area contributed by atoms with Gasteiger partial charge < -0.3 is 15.7 Å². The van der Waals surface area contributed by atoms with Crippen LogP contribution >= 0.6 is 0 Å². The molecular weight excluding hydrogens is 606 g/mol. The van der Waals surface area contributed by atoms with Gasteiger partial charge >= 0.3 is 5.97 Å². The fourth-order valence-corrected chi connectivity index (χ4v) is 6.04. The van der Waals surface area contributed by atoms with Crippen molar-refractivity contribution < 1.29 is 19.5 Å². The van der Waals surface area contributed by atoms with E-state index in [4.69, 9.17) is 10.1 Å². The van der Waals surface area contributed by atoms with Crippen LogP contribution < -0.4 is 10.6 Å². The molecule has 0 aliphatic carbocycles. The van der Waals surface area contributed by atoms with Gasteiger partial charge in [-0.1, -0.05) is 91.0 Å². The molecule has 2 aromatic heterocycles. The molecule has 0 saturated carbocycles. The van der Waals surface area contributed by atoms with Crippen LogP contribution in [0.4, 0.5) is 5.95 Å². The largest absolute Gasteiger partial charge is 0.480 e. The molecule has 11 heteroatoms. The molecule has 1 amide bonds. The number of hydrogen-bond acceptors (Lipinski definition) is 7.